The first-order valence-corrected chi connectivity index (χ1v) is 8.45. The summed E-state index contributed by atoms with van der Waals surface area (Å²) >= 11 is 3.70. The zero-order chi connectivity index (χ0) is 15.1. The molecule has 0 aliphatic rings. The van der Waals surface area contributed by atoms with Crippen molar-refractivity contribution in [1.29, 1.82) is 0 Å². The van der Waals surface area contributed by atoms with Gasteiger partial charge in [0.15, 0.2) is 0 Å². The molecule has 0 saturated heterocycles. The summed E-state index contributed by atoms with van der Waals surface area (Å²) in [6, 6.07) is 19.3. The van der Waals surface area contributed by atoms with Gasteiger partial charge in [0.2, 0.25) is 0 Å². The first-order valence-electron chi connectivity index (χ1n) is 7.66. The van der Waals surface area contributed by atoms with Crippen LogP contribution in [0.1, 0.15) is 30.9 Å². The summed E-state index contributed by atoms with van der Waals surface area (Å²) in [5.74, 6) is 1.17. The minimum Gasteiger partial charge on any atom is -0.316 e. The molecule has 0 heterocycles. The van der Waals surface area contributed by atoms with Gasteiger partial charge >= 0.3 is 0 Å². The van der Waals surface area contributed by atoms with Crippen molar-refractivity contribution < 1.29 is 0 Å². The van der Waals surface area contributed by atoms with Gasteiger partial charge in [-0.25, -0.2) is 0 Å². The summed E-state index contributed by atoms with van der Waals surface area (Å²) in [6.07, 6.45) is 1.06. The van der Waals surface area contributed by atoms with E-state index in [1.807, 2.05) is 0 Å². The van der Waals surface area contributed by atoms with Gasteiger partial charge in [-0.3, -0.25) is 0 Å². The second-order valence-electron chi connectivity index (χ2n) is 5.96. The van der Waals surface area contributed by atoms with Gasteiger partial charge in [0, 0.05) is 16.9 Å². The van der Waals surface area contributed by atoms with Crippen molar-refractivity contribution >= 4 is 15.9 Å². The topological polar surface area (TPSA) is 12.0 Å². The van der Waals surface area contributed by atoms with E-state index in [0.29, 0.717) is 11.8 Å². The van der Waals surface area contributed by atoms with Crippen molar-refractivity contribution in [1.82, 2.24) is 5.32 Å². The van der Waals surface area contributed by atoms with E-state index in [4.69, 9.17) is 0 Å². The van der Waals surface area contributed by atoms with Crippen LogP contribution in [0.15, 0.2) is 59.1 Å². The molecule has 0 aliphatic carbocycles. The molecule has 0 spiro atoms. The highest BCUT2D eigenvalue weighted by Crippen LogP contribution is 2.27. The molecule has 0 fully saturated rings. The number of benzene rings is 2. The van der Waals surface area contributed by atoms with Crippen LogP contribution in [0.25, 0.3) is 0 Å². The van der Waals surface area contributed by atoms with E-state index in [-0.39, 0.29) is 0 Å². The Balaban J connectivity index is 2.12. The molecule has 0 aliphatic heterocycles. The zero-order valence-corrected chi connectivity index (χ0v) is 14.4. The fourth-order valence-corrected chi connectivity index (χ4v) is 3.15. The summed E-state index contributed by atoms with van der Waals surface area (Å²) < 4.78 is 1.21. The molecule has 2 aromatic rings. The van der Waals surface area contributed by atoms with Crippen molar-refractivity contribution in [3.63, 3.8) is 0 Å². The highest BCUT2D eigenvalue weighted by atomic mass is 79.9. The van der Waals surface area contributed by atoms with E-state index in [9.17, 15) is 0 Å². The molecular weight excluding hydrogens is 322 g/mol. The molecule has 2 heteroatoms. The standard InChI is InChI=1S/C19H24BrN/c1-15(2)13-21-14-17(12-16-8-4-3-5-9-16)18-10-6-7-11-19(18)20/h3-11,15,17,21H,12-14H2,1-2H3. The monoisotopic (exact) mass is 345 g/mol. The van der Waals surface area contributed by atoms with Gasteiger partial charge in [0.1, 0.15) is 0 Å². The fourth-order valence-electron chi connectivity index (χ4n) is 2.54. The Morgan fingerprint density at radius 3 is 2.24 bits per heavy atom. The Hall–Kier alpha value is -1.12. The molecule has 0 radical (unpaired) electrons. The number of nitrogens with one attached hydrogen (secondary N) is 1. The zero-order valence-electron chi connectivity index (χ0n) is 12.9. The molecule has 0 saturated carbocycles. The normalized spacial score (nSPS) is 12.6. The molecule has 2 aromatic carbocycles. The average Bonchev–Trinajstić information content (AvgIpc) is 2.47. The maximum atomic E-state index is 3.70. The molecule has 0 amide bonds. The van der Waals surface area contributed by atoms with Gasteiger partial charge in [-0.05, 0) is 36.1 Å². The Morgan fingerprint density at radius 1 is 0.905 bits per heavy atom. The average molecular weight is 346 g/mol. The molecule has 0 bridgehead atoms. The van der Waals surface area contributed by atoms with Crippen molar-refractivity contribution in [2.45, 2.75) is 26.2 Å². The van der Waals surface area contributed by atoms with Crippen LogP contribution in [0.4, 0.5) is 0 Å². The van der Waals surface area contributed by atoms with Gasteiger partial charge < -0.3 is 5.32 Å². The van der Waals surface area contributed by atoms with Crippen LogP contribution in [-0.4, -0.2) is 13.1 Å². The first kappa shape index (κ1) is 16.3. The predicted octanol–water partition coefficient (Wildman–Crippen LogP) is 5.02. The number of rotatable bonds is 7. The van der Waals surface area contributed by atoms with Crippen molar-refractivity contribution in [3.05, 3.63) is 70.2 Å². The third-order valence-electron chi connectivity index (χ3n) is 3.61. The number of hydrogen-bond donors (Lipinski definition) is 1. The van der Waals surface area contributed by atoms with Crippen LogP contribution < -0.4 is 5.32 Å². The molecule has 1 nitrogen and oxygen atoms in total. The van der Waals surface area contributed by atoms with Crippen LogP contribution >= 0.6 is 15.9 Å². The summed E-state index contributed by atoms with van der Waals surface area (Å²) in [7, 11) is 0. The lowest BCUT2D eigenvalue weighted by Gasteiger charge is -2.20. The Bertz CT molecular complexity index is 536. The fraction of sp³-hybridized carbons (Fsp3) is 0.368. The number of hydrogen-bond acceptors (Lipinski definition) is 1. The molecule has 1 atom stereocenters. The third kappa shape index (κ3) is 5.29. The van der Waals surface area contributed by atoms with Gasteiger partial charge in [-0.15, -0.1) is 0 Å². The van der Waals surface area contributed by atoms with Crippen LogP contribution in [0, 0.1) is 5.92 Å². The highest BCUT2D eigenvalue weighted by molar-refractivity contribution is 9.10. The maximum Gasteiger partial charge on any atom is 0.0210 e. The van der Waals surface area contributed by atoms with Crippen LogP contribution in [0.2, 0.25) is 0 Å². The second-order valence-corrected chi connectivity index (χ2v) is 6.81. The van der Waals surface area contributed by atoms with Crippen molar-refractivity contribution in [2.75, 3.05) is 13.1 Å². The van der Waals surface area contributed by atoms with Crippen LogP contribution in [0.3, 0.4) is 0 Å². The quantitative estimate of drug-likeness (QED) is 0.742. The highest BCUT2D eigenvalue weighted by Gasteiger charge is 2.15. The summed E-state index contributed by atoms with van der Waals surface area (Å²) in [5, 5.41) is 3.61. The Labute approximate surface area is 136 Å². The molecule has 112 valence electrons. The van der Waals surface area contributed by atoms with E-state index in [1.54, 1.807) is 0 Å². The molecule has 2 rings (SSSR count). The lowest BCUT2D eigenvalue weighted by atomic mass is 9.92. The lowest BCUT2D eigenvalue weighted by molar-refractivity contribution is 0.513. The SMILES string of the molecule is CC(C)CNCC(Cc1ccccc1)c1ccccc1Br. The first-order chi connectivity index (χ1) is 10.2. The maximum absolute atomic E-state index is 3.70. The van der Waals surface area contributed by atoms with Gasteiger partial charge in [0.05, 0.1) is 0 Å². The minimum absolute atomic E-state index is 0.488. The Kier molecular flexibility index (Phi) is 6.47. The smallest absolute Gasteiger partial charge is 0.0210 e. The molecule has 0 aromatic heterocycles. The molecule has 1 unspecified atom stereocenters. The van der Waals surface area contributed by atoms with E-state index in [0.717, 1.165) is 19.5 Å². The van der Waals surface area contributed by atoms with Gasteiger partial charge in [-0.1, -0.05) is 78.3 Å². The van der Waals surface area contributed by atoms with Gasteiger partial charge in [0.25, 0.3) is 0 Å². The predicted molar refractivity (Wildman–Crippen MR) is 94.7 cm³/mol. The summed E-state index contributed by atoms with van der Waals surface area (Å²) in [6.45, 7) is 6.57. The summed E-state index contributed by atoms with van der Waals surface area (Å²) in [4.78, 5) is 0. The second kappa shape index (κ2) is 8.35. The molecule has 1 N–H and O–H groups in total. The van der Waals surface area contributed by atoms with Crippen LogP contribution in [-0.2, 0) is 6.42 Å². The van der Waals surface area contributed by atoms with E-state index in [2.05, 4.69) is 89.7 Å². The minimum atomic E-state index is 0.488. The van der Waals surface area contributed by atoms with E-state index in [1.165, 1.54) is 15.6 Å². The third-order valence-corrected chi connectivity index (χ3v) is 4.34. The largest absolute Gasteiger partial charge is 0.316 e. The Morgan fingerprint density at radius 2 is 1.57 bits per heavy atom. The van der Waals surface area contributed by atoms with Crippen molar-refractivity contribution in [2.24, 2.45) is 5.92 Å². The number of halogens is 1. The lowest BCUT2D eigenvalue weighted by Crippen LogP contribution is -2.26. The molecule has 21 heavy (non-hydrogen) atoms. The van der Waals surface area contributed by atoms with E-state index >= 15 is 0 Å². The van der Waals surface area contributed by atoms with E-state index < -0.39 is 0 Å². The van der Waals surface area contributed by atoms with Crippen molar-refractivity contribution in [3.8, 4) is 0 Å². The van der Waals surface area contributed by atoms with Crippen LogP contribution in [0.5, 0.6) is 0 Å². The van der Waals surface area contributed by atoms with Gasteiger partial charge in [-0.2, -0.15) is 0 Å². The molecular formula is C19H24BrN. The summed E-state index contributed by atoms with van der Waals surface area (Å²) in [5.41, 5.74) is 2.78.